The molecule has 3 heterocycles. The monoisotopic (exact) mass is 411 g/mol. The van der Waals surface area contributed by atoms with Gasteiger partial charge in [0.05, 0.1) is 22.4 Å². The molecule has 0 fully saturated rings. The van der Waals surface area contributed by atoms with E-state index in [1.807, 2.05) is 18.4 Å². The number of anilines is 2. The van der Waals surface area contributed by atoms with Gasteiger partial charge in [0.25, 0.3) is 5.91 Å². The van der Waals surface area contributed by atoms with Crippen LogP contribution in [-0.4, -0.2) is 55.9 Å². The predicted octanol–water partition coefficient (Wildman–Crippen LogP) is 1.11. The van der Waals surface area contributed by atoms with Gasteiger partial charge in [-0.1, -0.05) is 0 Å². The number of aromatic nitrogens is 4. The fourth-order valence-electron chi connectivity index (χ4n) is 3.91. The van der Waals surface area contributed by atoms with Crippen molar-refractivity contribution in [1.82, 2.24) is 19.3 Å². The molecule has 0 atom stereocenters. The molecule has 1 aliphatic rings. The van der Waals surface area contributed by atoms with E-state index in [1.54, 1.807) is 22.9 Å². The number of imidazole rings is 1. The summed E-state index contributed by atoms with van der Waals surface area (Å²) in [7, 11) is 0. The van der Waals surface area contributed by atoms with Crippen LogP contribution in [0, 0.1) is 6.92 Å². The smallest absolute Gasteiger partial charge is 0.276 e. The first kappa shape index (κ1) is 19.9. The van der Waals surface area contributed by atoms with Crippen molar-refractivity contribution in [3.63, 3.8) is 0 Å². The maximum absolute atomic E-state index is 12.9. The predicted molar refractivity (Wildman–Crippen MR) is 113 cm³/mol. The third kappa shape index (κ3) is 3.39. The van der Waals surface area contributed by atoms with Gasteiger partial charge in [0.2, 0.25) is 11.9 Å². The van der Waals surface area contributed by atoms with Gasteiger partial charge in [-0.15, -0.1) is 0 Å². The number of nitrogens with zero attached hydrogens (tertiary/aromatic N) is 5. The van der Waals surface area contributed by atoms with Crippen LogP contribution in [0.2, 0.25) is 0 Å². The van der Waals surface area contributed by atoms with Crippen LogP contribution in [0.4, 0.5) is 11.6 Å². The molecule has 0 unspecified atom stereocenters. The summed E-state index contributed by atoms with van der Waals surface area (Å²) in [6.45, 7) is 6.36. The third-order valence-corrected chi connectivity index (χ3v) is 5.29. The van der Waals surface area contributed by atoms with Gasteiger partial charge >= 0.3 is 0 Å². The highest BCUT2D eigenvalue weighted by Crippen LogP contribution is 2.34. The van der Waals surface area contributed by atoms with Gasteiger partial charge in [0, 0.05) is 38.3 Å². The second-order valence-corrected chi connectivity index (χ2v) is 7.32. The minimum absolute atomic E-state index is 0.0836. The lowest BCUT2D eigenvalue weighted by atomic mass is 10.1. The van der Waals surface area contributed by atoms with E-state index in [2.05, 4.69) is 20.3 Å². The first-order valence-electron chi connectivity index (χ1n) is 9.98. The molecule has 0 saturated heterocycles. The lowest BCUT2D eigenvalue weighted by molar-refractivity contribution is 0.0996. The number of aliphatic hydroxyl groups is 1. The van der Waals surface area contributed by atoms with E-state index in [4.69, 9.17) is 5.73 Å². The molecule has 1 aromatic carbocycles. The summed E-state index contributed by atoms with van der Waals surface area (Å²) >= 11 is 0. The summed E-state index contributed by atoms with van der Waals surface area (Å²) in [5, 5.41) is 16.4. The summed E-state index contributed by atoms with van der Waals surface area (Å²) in [6.07, 6.45) is 0.611. The summed E-state index contributed by atoms with van der Waals surface area (Å²) in [5.74, 6) is -0.409. The molecule has 2 amide bonds. The second-order valence-electron chi connectivity index (χ2n) is 7.32. The average Bonchev–Trinajstić information content (AvgIpc) is 3.28. The Hall–Kier alpha value is -3.40. The van der Waals surface area contributed by atoms with Crippen LogP contribution in [0.25, 0.3) is 11.0 Å². The summed E-state index contributed by atoms with van der Waals surface area (Å²) < 4.78 is 3.60. The van der Waals surface area contributed by atoms with Gasteiger partial charge in [0.15, 0.2) is 0 Å². The van der Waals surface area contributed by atoms with E-state index >= 15 is 0 Å². The van der Waals surface area contributed by atoms with Crippen molar-refractivity contribution in [2.24, 2.45) is 5.73 Å². The number of benzene rings is 1. The first-order chi connectivity index (χ1) is 14.4. The van der Waals surface area contributed by atoms with Crippen molar-refractivity contribution < 1.29 is 14.7 Å². The minimum atomic E-state index is -0.539. The molecule has 0 saturated carbocycles. The van der Waals surface area contributed by atoms with Crippen LogP contribution in [0.3, 0.4) is 0 Å². The largest absolute Gasteiger partial charge is 0.396 e. The molecule has 4 N–H and O–H groups in total. The number of hydrogen-bond acceptors (Lipinski definition) is 6. The molecule has 10 nitrogen and oxygen atoms in total. The van der Waals surface area contributed by atoms with Crippen LogP contribution < -0.4 is 16.0 Å². The average molecular weight is 411 g/mol. The number of nitrogens with two attached hydrogens (primary N) is 1. The van der Waals surface area contributed by atoms with Gasteiger partial charge in [-0.2, -0.15) is 5.10 Å². The van der Waals surface area contributed by atoms with Gasteiger partial charge in [-0.05, 0) is 38.5 Å². The number of aliphatic hydroxyl groups excluding tert-OH is 1. The van der Waals surface area contributed by atoms with Gasteiger partial charge < -0.3 is 20.3 Å². The van der Waals surface area contributed by atoms with Crippen LogP contribution in [0.5, 0.6) is 0 Å². The van der Waals surface area contributed by atoms with Crippen LogP contribution >= 0.6 is 0 Å². The van der Waals surface area contributed by atoms with E-state index in [1.165, 1.54) is 0 Å². The van der Waals surface area contributed by atoms with E-state index in [0.717, 1.165) is 16.9 Å². The summed E-state index contributed by atoms with van der Waals surface area (Å²) in [4.78, 5) is 31.4. The zero-order valence-corrected chi connectivity index (χ0v) is 17.1. The normalized spacial score (nSPS) is 13.1. The molecule has 30 heavy (non-hydrogen) atoms. The molecule has 1 aliphatic heterocycles. The molecule has 0 spiro atoms. The minimum Gasteiger partial charge on any atom is -0.396 e. The Balaban J connectivity index is 1.76. The van der Waals surface area contributed by atoms with Crippen LogP contribution in [0.15, 0.2) is 18.2 Å². The molecular weight excluding hydrogens is 386 g/mol. The molecule has 0 radical (unpaired) electrons. The molecule has 3 aromatic rings. The lowest BCUT2D eigenvalue weighted by Crippen LogP contribution is -2.33. The van der Waals surface area contributed by atoms with E-state index in [0.29, 0.717) is 55.3 Å². The van der Waals surface area contributed by atoms with Crippen molar-refractivity contribution in [1.29, 1.82) is 0 Å². The van der Waals surface area contributed by atoms with Crippen molar-refractivity contribution in [2.45, 2.75) is 33.4 Å². The molecule has 158 valence electrons. The Morgan fingerprint density at radius 2 is 2.07 bits per heavy atom. The van der Waals surface area contributed by atoms with E-state index in [-0.39, 0.29) is 12.5 Å². The zero-order chi connectivity index (χ0) is 21.4. The molecule has 0 aliphatic carbocycles. The van der Waals surface area contributed by atoms with Crippen LogP contribution in [0.1, 0.15) is 39.9 Å². The number of carbonyl (C=O) groups is 2. The Kier molecular flexibility index (Phi) is 5.17. The molecule has 2 aromatic heterocycles. The number of primary amides is 1. The fourth-order valence-corrected chi connectivity index (χ4v) is 3.91. The molecule has 0 bridgehead atoms. The quantitative estimate of drug-likeness (QED) is 0.534. The first-order valence-corrected chi connectivity index (χ1v) is 9.98. The number of aryl methyl sites for hydroxylation is 2. The van der Waals surface area contributed by atoms with Crippen molar-refractivity contribution in [3.8, 4) is 0 Å². The molecular formula is C20H25N7O3. The maximum Gasteiger partial charge on any atom is 0.276 e. The topological polar surface area (TPSA) is 131 Å². The number of hydrogen-bond donors (Lipinski definition) is 3. The van der Waals surface area contributed by atoms with Crippen molar-refractivity contribution >= 4 is 34.5 Å². The highest BCUT2D eigenvalue weighted by Gasteiger charge is 2.26. The fraction of sp³-hybridized carbons (Fsp3) is 0.400. The number of nitrogens with one attached hydrogen (secondary N) is 1. The van der Waals surface area contributed by atoms with Crippen molar-refractivity contribution in [3.05, 3.63) is 35.2 Å². The van der Waals surface area contributed by atoms with Crippen molar-refractivity contribution in [2.75, 3.05) is 29.9 Å². The highest BCUT2D eigenvalue weighted by molar-refractivity contribution is 6.05. The van der Waals surface area contributed by atoms with E-state index < -0.39 is 5.91 Å². The zero-order valence-electron chi connectivity index (χ0n) is 17.1. The number of amides is 2. The number of carbonyl (C=O) groups excluding carboxylic acids is 2. The number of rotatable bonds is 7. The molecule has 4 rings (SSSR count). The van der Waals surface area contributed by atoms with E-state index in [9.17, 15) is 14.7 Å². The third-order valence-electron chi connectivity index (χ3n) is 5.29. The maximum atomic E-state index is 12.9. The lowest BCUT2D eigenvalue weighted by Gasteiger charge is -2.31. The standard InChI is InChI=1S/C20H25N7O3/c1-3-27-16(9-12(2)24-27)19(30)23-20-22-14-10-13(18(21)29)11-15-17(14)26(20)7-6-25(15)5-4-8-28/h9-11,28H,3-8H2,1-2H3,(H2,21,29)(H,22,23,30). The molecule has 10 heteroatoms. The summed E-state index contributed by atoms with van der Waals surface area (Å²) in [6, 6.07) is 5.13. The Morgan fingerprint density at radius 1 is 1.27 bits per heavy atom. The second kappa shape index (κ2) is 7.79. The van der Waals surface area contributed by atoms with Gasteiger partial charge in [0.1, 0.15) is 5.69 Å². The summed E-state index contributed by atoms with van der Waals surface area (Å²) in [5.41, 5.74) is 9.35. The van der Waals surface area contributed by atoms with Crippen LogP contribution in [-0.2, 0) is 13.1 Å². The SMILES string of the molecule is CCn1nc(C)cc1C(=O)Nc1nc2cc(C(N)=O)cc3c2n1CCN3CCCO. The Labute approximate surface area is 173 Å². The van der Waals surface area contributed by atoms with Gasteiger partial charge in [-0.25, -0.2) is 4.98 Å². The Bertz CT molecular complexity index is 1130. The Morgan fingerprint density at radius 3 is 2.77 bits per heavy atom. The van der Waals surface area contributed by atoms with Gasteiger partial charge in [-0.3, -0.25) is 19.6 Å². The highest BCUT2D eigenvalue weighted by atomic mass is 16.3.